The third kappa shape index (κ3) is 6.12. The van der Waals surface area contributed by atoms with Gasteiger partial charge in [0.15, 0.2) is 5.16 Å². The number of hydrogen-bond donors (Lipinski definition) is 1. The van der Waals surface area contributed by atoms with Crippen LogP contribution in [0.3, 0.4) is 0 Å². The molecule has 3 fully saturated rings. The van der Waals surface area contributed by atoms with Crippen molar-refractivity contribution in [3.8, 4) is 5.75 Å². The quantitative estimate of drug-likeness (QED) is 0.495. The van der Waals surface area contributed by atoms with Crippen LogP contribution in [0.15, 0.2) is 29.4 Å². The van der Waals surface area contributed by atoms with E-state index in [1.807, 2.05) is 12.1 Å². The molecule has 0 spiro atoms. The van der Waals surface area contributed by atoms with Gasteiger partial charge in [0.2, 0.25) is 11.9 Å². The fourth-order valence-corrected chi connectivity index (χ4v) is 6.07. The van der Waals surface area contributed by atoms with Gasteiger partial charge in [-0.1, -0.05) is 30.3 Å². The fourth-order valence-electron chi connectivity index (χ4n) is 5.24. The van der Waals surface area contributed by atoms with Gasteiger partial charge in [-0.25, -0.2) is 0 Å². The topological polar surface area (TPSA) is 75.5 Å². The normalized spacial score (nSPS) is 20.0. The molecule has 0 unspecified atom stereocenters. The number of nitrogens with zero attached hydrogens (tertiary/aromatic N) is 5. The van der Waals surface area contributed by atoms with E-state index >= 15 is 0 Å². The molecule has 3 heterocycles. The number of carbonyl (C=O) groups excluding carboxylic acids is 1. The molecular weight excluding hydrogens is 460 g/mol. The number of methoxy groups -OCH3 is 1. The van der Waals surface area contributed by atoms with Crippen molar-refractivity contribution in [1.29, 1.82) is 0 Å². The zero-order chi connectivity index (χ0) is 24.0. The van der Waals surface area contributed by atoms with E-state index in [0.29, 0.717) is 18.3 Å². The highest BCUT2D eigenvalue weighted by Gasteiger charge is 2.32. The van der Waals surface area contributed by atoms with Crippen molar-refractivity contribution < 1.29 is 9.53 Å². The third-order valence-corrected chi connectivity index (χ3v) is 8.30. The fraction of sp³-hybridized carbons (Fsp3) is 0.654. The third-order valence-electron chi connectivity index (χ3n) is 7.35. The van der Waals surface area contributed by atoms with E-state index in [2.05, 4.69) is 42.0 Å². The molecule has 8 nitrogen and oxygen atoms in total. The molecule has 5 rings (SSSR count). The molecule has 3 aliphatic rings. The Hall–Kier alpha value is -2.26. The largest absolute Gasteiger partial charge is 0.497 e. The van der Waals surface area contributed by atoms with Crippen molar-refractivity contribution in [2.45, 2.75) is 68.6 Å². The van der Waals surface area contributed by atoms with E-state index in [0.717, 1.165) is 43.0 Å². The molecule has 35 heavy (non-hydrogen) atoms. The van der Waals surface area contributed by atoms with Crippen LogP contribution >= 0.6 is 11.8 Å². The molecule has 1 aromatic heterocycles. The van der Waals surface area contributed by atoms with Gasteiger partial charge in [-0.2, -0.15) is 0 Å². The highest BCUT2D eigenvalue weighted by Crippen LogP contribution is 2.41. The smallest absolute Gasteiger partial charge is 0.230 e. The van der Waals surface area contributed by atoms with Crippen LogP contribution in [0.1, 0.15) is 69.0 Å². The van der Waals surface area contributed by atoms with Crippen LogP contribution in [0.5, 0.6) is 5.75 Å². The number of aromatic nitrogens is 3. The average Bonchev–Trinajstić information content (AvgIpc) is 3.67. The summed E-state index contributed by atoms with van der Waals surface area (Å²) in [6.45, 7) is 4.87. The van der Waals surface area contributed by atoms with Crippen LogP contribution in [-0.4, -0.2) is 71.2 Å². The van der Waals surface area contributed by atoms with Crippen molar-refractivity contribution in [3.63, 3.8) is 0 Å². The van der Waals surface area contributed by atoms with Gasteiger partial charge in [-0.05, 0) is 75.7 Å². The summed E-state index contributed by atoms with van der Waals surface area (Å²) in [6, 6.07) is 8.93. The molecule has 2 aliphatic heterocycles. The van der Waals surface area contributed by atoms with Gasteiger partial charge < -0.3 is 15.0 Å². The zero-order valence-corrected chi connectivity index (χ0v) is 21.6. The first-order valence-corrected chi connectivity index (χ1v) is 14.2. The van der Waals surface area contributed by atoms with Crippen LogP contribution in [0, 0.1) is 0 Å². The van der Waals surface area contributed by atoms with Crippen molar-refractivity contribution in [2.24, 2.45) is 0 Å². The highest BCUT2D eigenvalue weighted by atomic mass is 32.2. The Balaban J connectivity index is 1.20. The van der Waals surface area contributed by atoms with Crippen LogP contribution in [0.2, 0.25) is 0 Å². The second kappa shape index (κ2) is 11.6. The maximum Gasteiger partial charge on any atom is 0.230 e. The number of hydrogen-bond acceptors (Lipinski definition) is 7. The van der Waals surface area contributed by atoms with Crippen molar-refractivity contribution in [3.05, 3.63) is 29.8 Å². The summed E-state index contributed by atoms with van der Waals surface area (Å²) in [4.78, 5) is 17.8. The summed E-state index contributed by atoms with van der Waals surface area (Å²) in [7, 11) is 1.69. The number of likely N-dealkylation sites (tertiary alicyclic amines) is 1. The second-order valence-corrected chi connectivity index (χ2v) is 10.9. The molecule has 1 atom stereocenters. The number of benzene rings is 1. The maximum atomic E-state index is 12.9. The molecule has 2 saturated heterocycles. The molecule has 1 amide bonds. The number of piperidine rings is 2. The molecule has 2 aromatic rings. The molecule has 1 saturated carbocycles. The van der Waals surface area contributed by atoms with Crippen molar-refractivity contribution in [1.82, 2.24) is 25.0 Å². The van der Waals surface area contributed by atoms with E-state index in [9.17, 15) is 4.79 Å². The monoisotopic (exact) mass is 498 g/mol. The molecule has 190 valence electrons. The number of ether oxygens (including phenoxy) is 1. The Kier molecular flexibility index (Phi) is 8.13. The first-order chi connectivity index (χ1) is 17.2. The SMILES string of the molecule is COc1ccc([C@H](CNC(=O)CSc2nnc(N3CCCCC3)n2C2CC2)N2CCCCC2)cc1. The van der Waals surface area contributed by atoms with Gasteiger partial charge in [0, 0.05) is 25.7 Å². The lowest BCUT2D eigenvalue weighted by Crippen LogP contribution is -2.41. The molecule has 9 heteroatoms. The minimum atomic E-state index is 0.0513. The zero-order valence-electron chi connectivity index (χ0n) is 20.8. The predicted octanol–water partition coefficient (Wildman–Crippen LogP) is 4.05. The summed E-state index contributed by atoms with van der Waals surface area (Å²) in [6.07, 6.45) is 9.81. The number of thioether (sulfide) groups is 1. The van der Waals surface area contributed by atoms with Gasteiger partial charge >= 0.3 is 0 Å². The van der Waals surface area contributed by atoms with Gasteiger partial charge in [-0.15, -0.1) is 10.2 Å². The molecule has 1 aliphatic carbocycles. The number of carbonyl (C=O) groups is 1. The molecule has 1 N–H and O–H groups in total. The lowest BCUT2D eigenvalue weighted by atomic mass is 10.0. The maximum absolute atomic E-state index is 12.9. The summed E-state index contributed by atoms with van der Waals surface area (Å²) < 4.78 is 7.62. The van der Waals surface area contributed by atoms with E-state index in [4.69, 9.17) is 4.74 Å². The second-order valence-electron chi connectivity index (χ2n) is 9.91. The van der Waals surface area contributed by atoms with E-state index in [-0.39, 0.29) is 11.9 Å². The average molecular weight is 499 g/mol. The van der Waals surface area contributed by atoms with Crippen LogP contribution in [-0.2, 0) is 4.79 Å². The summed E-state index contributed by atoms with van der Waals surface area (Å²) in [5.41, 5.74) is 1.22. The van der Waals surface area contributed by atoms with Gasteiger partial charge in [0.1, 0.15) is 5.75 Å². The van der Waals surface area contributed by atoms with Gasteiger partial charge in [0.05, 0.1) is 18.9 Å². The van der Waals surface area contributed by atoms with Crippen LogP contribution < -0.4 is 15.0 Å². The Morgan fingerprint density at radius 1 is 1.03 bits per heavy atom. The Bertz CT molecular complexity index is 965. The first kappa shape index (κ1) is 24.4. The molecule has 0 radical (unpaired) electrons. The number of anilines is 1. The molecular formula is C26H38N6O2S. The Morgan fingerprint density at radius 2 is 1.71 bits per heavy atom. The van der Waals surface area contributed by atoms with Crippen molar-refractivity contribution in [2.75, 3.05) is 50.5 Å². The predicted molar refractivity (Wildman–Crippen MR) is 139 cm³/mol. The number of amides is 1. The summed E-state index contributed by atoms with van der Waals surface area (Å²) in [5.74, 6) is 2.27. The summed E-state index contributed by atoms with van der Waals surface area (Å²) >= 11 is 1.52. The van der Waals surface area contributed by atoms with Crippen LogP contribution in [0.25, 0.3) is 0 Å². The lowest BCUT2D eigenvalue weighted by molar-refractivity contribution is -0.118. The number of rotatable bonds is 10. The highest BCUT2D eigenvalue weighted by molar-refractivity contribution is 7.99. The molecule has 1 aromatic carbocycles. The van der Waals surface area contributed by atoms with E-state index in [1.165, 1.54) is 68.7 Å². The van der Waals surface area contributed by atoms with Crippen molar-refractivity contribution >= 4 is 23.6 Å². The van der Waals surface area contributed by atoms with Crippen LogP contribution in [0.4, 0.5) is 5.95 Å². The minimum Gasteiger partial charge on any atom is -0.497 e. The van der Waals surface area contributed by atoms with Gasteiger partial charge in [0.25, 0.3) is 0 Å². The standard InChI is InChI=1S/C26H38N6O2S/c1-34-22-12-8-20(9-13-22)23(30-14-4-2-5-15-30)18-27-24(33)19-35-26-29-28-25(32(26)21-10-11-21)31-16-6-3-7-17-31/h8-9,12-13,21,23H,2-7,10-11,14-19H2,1H3,(H,27,33)/t23-/m0/s1. The van der Waals surface area contributed by atoms with Gasteiger partial charge in [-0.3, -0.25) is 14.3 Å². The summed E-state index contributed by atoms with van der Waals surface area (Å²) in [5, 5.41) is 13.1. The number of nitrogens with one attached hydrogen (secondary N) is 1. The minimum absolute atomic E-state index is 0.0513. The Labute approximate surface area is 212 Å². The van der Waals surface area contributed by atoms with E-state index < -0.39 is 0 Å². The van der Waals surface area contributed by atoms with E-state index in [1.54, 1.807) is 7.11 Å². The lowest BCUT2D eigenvalue weighted by Gasteiger charge is -2.35. The molecule has 0 bridgehead atoms. The first-order valence-electron chi connectivity index (χ1n) is 13.2. The Morgan fingerprint density at radius 3 is 2.37 bits per heavy atom.